The van der Waals surface area contributed by atoms with Gasteiger partial charge in [-0.05, 0) is 252 Å². The Labute approximate surface area is 542 Å². The van der Waals surface area contributed by atoms with E-state index in [9.17, 15) is 77.7 Å². The number of amides is 3. The van der Waals surface area contributed by atoms with Gasteiger partial charge < -0.3 is 36.2 Å². The molecule has 4 saturated heterocycles. The number of carboxylic acid groups (broad SMARTS) is 1. The van der Waals surface area contributed by atoms with Crippen LogP contribution in [0.5, 0.6) is 0 Å². The molecule has 0 radical (unpaired) electrons. The highest BCUT2D eigenvalue weighted by atomic mass is 32.2. The van der Waals surface area contributed by atoms with Gasteiger partial charge in [-0.1, -0.05) is 0 Å². The minimum atomic E-state index is -4.14. The number of aromatic carboxylic acids is 1. The number of rotatable bonds is 14. The van der Waals surface area contributed by atoms with E-state index in [4.69, 9.17) is 9.98 Å². The summed E-state index contributed by atoms with van der Waals surface area (Å²) in [6.45, 7) is 14.2. The number of amidine groups is 2. The molecular formula is C66H92F6N8O11S2. The number of piperidine rings is 4. The molecule has 3 amide bonds. The van der Waals surface area contributed by atoms with Crippen molar-refractivity contribution >= 4 is 67.6 Å². The van der Waals surface area contributed by atoms with Crippen LogP contribution in [0.15, 0.2) is 45.1 Å². The zero-order chi connectivity index (χ0) is 68.1. The number of likely N-dealkylation sites (tertiary alicyclic amines) is 1. The first-order valence-corrected chi connectivity index (χ1v) is 35.6. The largest absolute Gasteiger partial charge is 0.478 e. The topological polar surface area (TPSA) is 268 Å². The Morgan fingerprint density at radius 1 is 0.559 bits per heavy atom. The number of carboxylic acids is 1. The van der Waals surface area contributed by atoms with Crippen LogP contribution in [0, 0.1) is 51.4 Å². The minimum absolute atomic E-state index is 0.000445. The Morgan fingerprint density at radius 3 is 1.23 bits per heavy atom. The monoisotopic (exact) mass is 1350 g/mol. The Balaban J connectivity index is 0.000000215. The summed E-state index contributed by atoms with van der Waals surface area (Å²) >= 11 is 0. The van der Waals surface area contributed by atoms with E-state index in [1.165, 1.54) is 32.2 Å². The number of aliphatic imine (C=N–C) groups is 2. The fraction of sp³-hybridized carbons (Fsp3) is 0.667. The molecule has 19 nitrogen and oxygen atoms in total. The Hall–Kier alpha value is -5.58. The van der Waals surface area contributed by atoms with Crippen LogP contribution in [0.25, 0.3) is 12.2 Å². The maximum atomic E-state index is 13.3. The van der Waals surface area contributed by atoms with Gasteiger partial charge in [-0.2, -0.15) is 35.0 Å². The Kier molecular flexibility index (Phi) is 23.2. The number of aryl methyl sites for hydroxylation is 4. The van der Waals surface area contributed by atoms with Gasteiger partial charge in [-0.15, -0.1) is 0 Å². The molecule has 2 aromatic carbocycles. The molecule has 27 heteroatoms. The van der Waals surface area contributed by atoms with Crippen molar-refractivity contribution in [3.63, 3.8) is 0 Å². The normalized spacial score (nSPS) is 25.2. The first kappa shape index (κ1) is 73.2. The van der Waals surface area contributed by atoms with Crippen molar-refractivity contribution in [2.75, 3.05) is 52.4 Å². The molecule has 2 aromatic rings. The number of sulfonamides is 2. The standard InChI is InChI=1S/C33H45F3N4O5S.C27H34F3N3O5S.C6H13NO/c1-22-20-26(29(41)39-15-11-31(3,43)12-16-39)21-23(2)27(22)9-19-46(44,45)40-17-13-32(14-18-40)30(42)37-28(38-32)25-6-4-24(5-7-25)8-10-33(34,35)36;1-17-15-21(24(34)35)16-18(2)22(17)8-14-39(37,38)33-12-10-26(11-13-33)25(36)31-23(32-26)20-5-3-19(4-6-20)7-9-27(28,29)30;1-6(8)2-4-7-5-3-6/h9,19-21,24-25,43H,4-8,10-18H2,1-3H3,(H,37,38,42);8,14-16,19-20H,3-7,9-13H2,1-2H3,(H,34,35)(H,31,32,36);7-8H,2-5H2,1H3/b19-9+;14-8+;. The van der Waals surface area contributed by atoms with Gasteiger partial charge >= 0.3 is 18.3 Å². The van der Waals surface area contributed by atoms with E-state index in [1.807, 2.05) is 20.8 Å². The predicted molar refractivity (Wildman–Crippen MR) is 343 cm³/mol. The fourth-order valence-corrected chi connectivity index (χ4v) is 16.4. The molecule has 6 fully saturated rings. The van der Waals surface area contributed by atoms with E-state index < -0.39 is 67.9 Å². The van der Waals surface area contributed by atoms with Crippen LogP contribution in [0.1, 0.15) is 196 Å². The molecule has 2 saturated carbocycles. The lowest BCUT2D eigenvalue weighted by Gasteiger charge is -2.36. The molecule has 516 valence electrons. The summed E-state index contributed by atoms with van der Waals surface area (Å²) in [6, 6.07) is 6.52. The van der Waals surface area contributed by atoms with Gasteiger partial charge in [0.15, 0.2) is 0 Å². The summed E-state index contributed by atoms with van der Waals surface area (Å²) in [5.74, 6) is -0.406. The van der Waals surface area contributed by atoms with Crippen LogP contribution in [0.4, 0.5) is 26.3 Å². The van der Waals surface area contributed by atoms with Crippen molar-refractivity contribution in [3.8, 4) is 0 Å². The van der Waals surface area contributed by atoms with Gasteiger partial charge in [0.25, 0.3) is 17.7 Å². The number of benzene rings is 2. The summed E-state index contributed by atoms with van der Waals surface area (Å²) in [6.07, 6.45) is 2.64. The number of halogens is 6. The number of carbonyl (C=O) groups is 4. The van der Waals surface area contributed by atoms with Crippen molar-refractivity contribution in [3.05, 3.63) is 79.6 Å². The van der Waals surface area contributed by atoms with Crippen LogP contribution < -0.4 is 16.0 Å². The van der Waals surface area contributed by atoms with Gasteiger partial charge in [0.1, 0.15) is 22.7 Å². The second kappa shape index (κ2) is 29.4. The summed E-state index contributed by atoms with van der Waals surface area (Å²) < 4.78 is 131. The third kappa shape index (κ3) is 19.3. The number of aliphatic hydroxyl groups is 2. The average molecular weight is 1350 g/mol. The van der Waals surface area contributed by atoms with Crippen molar-refractivity contribution in [2.45, 2.75) is 205 Å². The van der Waals surface area contributed by atoms with Gasteiger partial charge in [0.05, 0.1) is 16.8 Å². The van der Waals surface area contributed by atoms with Gasteiger partial charge in [0, 0.05) is 80.3 Å². The van der Waals surface area contributed by atoms with E-state index in [-0.39, 0.29) is 117 Å². The number of nitrogens with one attached hydrogen (secondary N) is 3. The third-order valence-electron chi connectivity index (χ3n) is 20.3. The summed E-state index contributed by atoms with van der Waals surface area (Å²) in [5, 5.41) is 40.0. The number of nitrogens with zero attached hydrogens (tertiary/aromatic N) is 5. The Morgan fingerprint density at radius 2 is 0.903 bits per heavy atom. The maximum Gasteiger partial charge on any atom is 0.389 e. The third-order valence-corrected chi connectivity index (χ3v) is 23.4. The molecule has 6 heterocycles. The lowest BCUT2D eigenvalue weighted by molar-refractivity contribution is -0.139. The predicted octanol–water partition coefficient (Wildman–Crippen LogP) is 10.0. The first-order chi connectivity index (χ1) is 43.4. The molecule has 2 aliphatic carbocycles. The quantitative estimate of drug-likeness (QED) is 0.0965. The van der Waals surface area contributed by atoms with Crippen LogP contribution in [-0.2, 0) is 29.6 Å². The van der Waals surface area contributed by atoms with Gasteiger partial charge in [-0.25, -0.2) is 21.6 Å². The van der Waals surface area contributed by atoms with Crippen LogP contribution in [0.2, 0.25) is 0 Å². The molecule has 93 heavy (non-hydrogen) atoms. The fourth-order valence-electron chi connectivity index (χ4n) is 14.1. The highest BCUT2D eigenvalue weighted by Gasteiger charge is 2.50. The summed E-state index contributed by atoms with van der Waals surface area (Å²) in [7, 11) is -7.58. The number of carbonyl (C=O) groups excluding carboxylic acids is 3. The zero-order valence-electron chi connectivity index (χ0n) is 54.2. The molecule has 0 unspecified atom stereocenters. The molecule has 6 N–H and O–H groups in total. The van der Waals surface area contributed by atoms with E-state index in [0.717, 1.165) is 42.5 Å². The van der Waals surface area contributed by atoms with Crippen molar-refractivity contribution in [1.82, 2.24) is 29.5 Å². The van der Waals surface area contributed by atoms with Crippen molar-refractivity contribution in [1.29, 1.82) is 0 Å². The smallest absolute Gasteiger partial charge is 0.389 e. The first-order valence-electron chi connectivity index (χ1n) is 32.6. The second-order valence-corrected chi connectivity index (χ2v) is 31.2. The minimum Gasteiger partial charge on any atom is -0.478 e. The molecule has 8 aliphatic rings. The maximum absolute atomic E-state index is 13.3. The van der Waals surface area contributed by atoms with Crippen molar-refractivity contribution < 1.29 is 77.7 Å². The second-order valence-electron chi connectivity index (χ2n) is 27.6. The lowest BCUT2D eigenvalue weighted by atomic mass is 9.79. The van der Waals surface area contributed by atoms with E-state index >= 15 is 0 Å². The molecule has 0 atom stereocenters. The van der Waals surface area contributed by atoms with E-state index in [2.05, 4.69) is 16.0 Å². The van der Waals surface area contributed by atoms with E-state index in [0.29, 0.717) is 117 Å². The number of hydrogen-bond donors (Lipinski definition) is 6. The van der Waals surface area contributed by atoms with Crippen LogP contribution in [0.3, 0.4) is 0 Å². The number of hydrogen-bond acceptors (Lipinski definition) is 13. The highest BCUT2D eigenvalue weighted by molar-refractivity contribution is 7.92. The van der Waals surface area contributed by atoms with E-state index in [1.54, 1.807) is 43.9 Å². The highest BCUT2D eigenvalue weighted by Crippen LogP contribution is 2.41. The van der Waals surface area contributed by atoms with Crippen LogP contribution >= 0.6 is 0 Å². The molecular weight excluding hydrogens is 1260 g/mol. The molecule has 0 bridgehead atoms. The Bertz CT molecular complexity index is 3360. The van der Waals surface area contributed by atoms with Crippen molar-refractivity contribution in [2.24, 2.45) is 33.7 Å². The zero-order valence-corrected chi connectivity index (χ0v) is 55.8. The molecule has 6 aliphatic heterocycles. The summed E-state index contributed by atoms with van der Waals surface area (Å²) in [5.41, 5.74) is 1.68. The van der Waals surface area contributed by atoms with Gasteiger partial charge in [-0.3, -0.25) is 24.4 Å². The van der Waals surface area contributed by atoms with Gasteiger partial charge in [0.2, 0.25) is 20.0 Å². The lowest BCUT2D eigenvalue weighted by Crippen LogP contribution is -2.50. The molecule has 10 rings (SSSR count). The molecule has 2 spiro atoms. The summed E-state index contributed by atoms with van der Waals surface area (Å²) in [4.78, 5) is 61.6. The average Bonchev–Trinajstić information content (AvgIpc) is 1.68. The molecule has 0 aromatic heterocycles. The number of alkyl halides is 6. The SMILES string of the molecule is CC1(O)CCNCC1.Cc1cc(C(=O)N2CCC(C)(O)CC2)cc(C)c1/C=C/S(=O)(=O)N1CCC2(CC1)N=C(C1CCC(CCC(F)(F)F)CC1)NC2=O.Cc1cc(C(=O)O)cc(C)c1/C=C/S(=O)(=O)N1CCC2(CC1)N=C(C1CCC(CCC(F)(F)F)CC1)NC2=O. The van der Waals surface area contributed by atoms with Crippen LogP contribution in [-0.4, -0.2) is 168 Å².